The first-order chi connectivity index (χ1) is 11.5. The Morgan fingerprint density at radius 3 is 2.71 bits per heavy atom. The molecule has 3 aliphatic heterocycles. The summed E-state index contributed by atoms with van der Waals surface area (Å²) in [6.07, 6.45) is 0. The van der Waals surface area contributed by atoms with Crippen LogP contribution in [0.5, 0.6) is 0 Å². The Morgan fingerprint density at radius 1 is 1.21 bits per heavy atom. The molecule has 4 rings (SSSR count). The molecule has 126 valence electrons. The van der Waals surface area contributed by atoms with E-state index >= 15 is 0 Å². The van der Waals surface area contributed by atoms with Crippen molar-refractivity contribution < 1.29 is 19.1 Å². The van der Waals surface area contributed by atoms with Crippen LogP contribution in [0.25, 0.3) is 0 Å². The van der Waals surface area contributed by atoms with Gasteiger partial charge in [0.1, 0.15) is 5.54 Å². The fraction of sp³-hybridized carbons (Fsp3) is 0.471. The molecule has 3 heterocycles. The van der Waals surface area contributed by atoms with Gasteiger partial charge in [-0.1, -0.05) is 18.2 Å². The number of amides is 3. The number of likely N-dealkylation sites (tertiary alicyclic amines) is 1. The molecule has 4 atom stereocenters. The zero-order valence-electron chi connectivity index (χ0n) is 13.5. The van der Waals surface area contributed by atoms with Crippen LogP contribution in [0.2, 0.25) is 0 Å². The summed E-state index contributed by atoms with van der Waals surface area (Å²) in [5.74, 6) is -2.05. The van der Waals surface area contributed by atoms with Gasteiger partial charge in [0.05, 0.1) is 25.0 Å². The number of carbonyl (C=O) groups is 3. The molecule has 7 nitrogen and oxygen atoms in total. The van der Waals surface area contributed by atoms with Gasteiger partial charge in [-0.3, -0.25) is 24.6 Å². The van der Waals surface area contributed by atoms with E-state index in [1.807, 2.05) is 31.2 Å². The number of fused-ring (bicyclic) bond motifs is 4. The lowest BCUT2D eigenvalue weighted by atomic mass is 9.76. The third-order valence-electron chi connectivity index (χ3n) is 5.38. The van der Waals surface area contributed by atoms with Crippen molar-refractivity contribution >= 4 is 23.4 Å². The van der Waals surface area contributed by atoms with Crippen LogP contribution in [-0.2, 0) is 24.7 Å². The molecule has 3 aliphatic rings. The predicted molar refractivity (Wildman–Crippen MR) is 84.9 cm³/mol. The number of ether oxygens (including phenoxy) is 1. The Bertz CT molecular complexity index is 749. The van der Waals surface area contributed by atoms with Crippen LogP contribution in [0.1, 0.15) is 12.5 Å². The average molecular weight is 329 g/mol. The molecular formula is C17H19N3O4. The molecule has 1 aromatic rings. The number of carbonyl (C=O) groups excluding carboxylic acids is 3. The summed E-state index contributed by atoms with van der Waals surface area (Å²) in [5.41, 5.74) is 0.262. The van der Waals surface area contributed by atoms with Gasteiger partial charge in [0, 0.05) is 24.4 Å². The summed E-state index contributed by atoms with van der Waals surface area (Å²) in [5, 5.41) is 6.11. The first-order valence-electron chi connectivity index (χ1n) is 8.05. The first kappa shape index (κ1) is 15.3. The molecule has 7 heteroatoms. The molecule has 0 aromatic heterocycles. The van der Waals surface area contributed by atoms with Crippen LogP contribution >= 0.6 is 0 Å². The van der Waals surface area contributed by atoms with Gasteiger partial charge in [-0.05, 0) is 13.0 Å². The highest BCUT2D eigenvalue weighted by molar-refractivity contribution is 6.15. The topological polar surface area (TPSA) is 87.7 Å². The van der Waals surface area contributed by atoms with E-state index in [0.717, 1.165) is 5.56 Å². The van der Waals surface area contributed by atoms with Crippen molar-refractivity contribution in [1.82, 2.24) is 10.2 Å². The van der Waals surface area contributed by atoms with Gasteiger partial charge in [0.15, 0.2) is 0 Å². The average Bonchev–Trinajstić information content (AvgIpc) is 3.12. The number of para-hydroxylation sites is 1. The fourth-order valence-corrected chi connectivity index (χ4v) is 4.38. The van der Waals surface area contributed by atoms with E-state index in [9.17, 15) is 14.4 Å². The van der Waals surface area contributed by atoms with Gasteiger partial charge in [0.2, 0.25) is 17.7 Å². The number of methoxy groups -OCH3 is 1. The van der Waals surface area contributed by atoms with Crippen molar-refractivity contribution in [1.29, 1.82) is 0 Å². The highest BCUT2D eigenvalue weighted by atomic mass is 16.5. The second kappa shape index (κ2) is 5.12. The Labute approximate surface area is 139 Å². The fourth-order valence-electron chi connectivity index (χ4n) is 4.38. The monoisotopic (exact) mass is 329 g/mol. The summed E-state index contributed by atoms with van der Waals surface area (Å²) < 4.78 is 5.00. The van der Waals surface area contributed by atoms with Crippen molar-refractivity contribution in [3.63, 3.8) is 0 Å². The third kappa shape index (κ3) is 1.71. The lowest BCUT2D eigenvalue weighted by Crippen LogP contribution is -2.53. The second-order valence-corrected chi connectivity index (χ2v) is 6.57. The highest BCUT2D eigenvalue weighted by Crippen LogP contribution is 2.52. The van der Waals surface area contributed by atoms with Crippen molar-refractivity contribution in [2.75, 3.05) is 25.6 Å². The summed E-state index contributed by atoms with van der Waals surface area (Å²) in [7, 11) is 1.53. The van der Waals surface area contributed by atoms with E-state index in [4.69, 9.17) is 4.74 Å². The lowest BCUT2D eigenvalue weighted by molar-refractivity contribution is -0.143. The van der Waals surface area contributed by atoms with Gasteiger partial charge in [-0.15, -0.1) is 0 Å². The molecule has 0 saturated carbocycles. The van der Waals surface area contributed by atoms with Crippen LogP contribution in [0.4, 0.5) is 5.69 Å². The Hall–Kier alpha value is -2.25. The minimum atomic E-state index is -1.17. The van der Waals surface area contributed by atoms with Gasteiger partial charge in [0.25, 0.3) is 0 Å². The third-order valence-corrected chi connectivity index (χ3v) is 5.38. The molecule has 0 bridgehead atoms. The van der Waals surface area contributed by atoms with Crippen LogP contribution in [0, 0.1) is 11.8 Å². The van der Waals surface area contributed by atoms with Crippen LogP contribution in [0.15, 0.2) is 24.3 Å². The van der Waals surface area contributed by atoms with Gasteiger partial charge >= 0.3 is 0 Å². The number of hydrogen-bond acceptors (Lipinski definition) is 5. The molecule has 3 amide bonds. The second-order valence-electron chi connectivity index (χ2n) is 6.57. The van der Waals surface area contributed by atoms with Crippen LogP contribution in [-0.4, -0.2) is 48.9 Å². The van der Waals surface area contributed by atoms with Gasteiger partial charge in [-0.25, -0.2) is 0 Å². The molecule has 0 radical (unpaired) electrons. The predicted octanol–water partition coefficient (Wildman–Crippen LogP) is 0.0733. The Morgan fingerprint density at radius 2 is 1.96 bits per heavy atom. The van der Waals surface area contributed by atoms with E-state index in [1.165, 1.54) is 12.0 Å². The Balaban J connectivity index is 1.82. The Kier molecular flexibility index (Phi) is 3.26. The molecule has 1 aromatic carbocycles. The highest BCUT2D eigenvalue weighted by Gasteiger charge is 2.69. The van der Waals surface area contributed by atoms with Crippen molar-refractivity contribution in [2.45, 2.75) is 18.5 Å². The number of rotatable bonds is 3. The van der Waals surface area contributed by atoms with E-state index in [2.05, 4.69) is 10.6 Å². The minimum Gasteiger partial charge on any atom is -0.383 e. The number of imide groups is 1. The van der Waals surface area contributed by atoms with Crippen molar-refractivity contribution in [2.24, 2.45) is 11.8 Å². The number of hydrogen-bond donors (Lipinski definition) is 2. The standard InChI is InChI=1S/C17H19N3O4/c1-9-12-13(15(22)20(14(12)21)7-8-24-2)17(19-9)10-5-3-4-6-11(10)18-16(17)23/h3-6,9,12-13,19H,7-8H2,1-2H3,(H,18,23)/t9-,12-,13+,17+/m1/s1. The molecule has 0 unspecified atom stereocenters. The lowest BCUT2D eigenvalue weighted by Gasteiger charge is -2.29. The maximum Gasteiger partial charge on any atom is 0.250 e. The summed E-state index contributed by atoms with van der Waals surface area (Å²) in [6, 6.07) is 7.05. The normalized spacial score (nSPS) is 34.0. The number of benzene rings is 1. The number of nitrogens with zero attached hydrogens (tertiary/aromatic N) is 1. The van der Waals surface area contributed by atoms with E-state index < -0.39 is 17.4 Å². The maximum atomic E-state index is 13.0. The molecule has 2 fully saturated rings. The molecule has 2 saturated heterocycles. The SMILES string of the molecule is COCCN1C(=O)[C@H]2[C@@H](C1=O)[C@]1(N[C@@H]2C)C(=O)Nc2ccccc21. The van der Waals surface area contributed by atoms with Gasteiger partial charge < -0.3 is 10.1 Å². The molecular weight excluding hydrogens is 310 g/mol. The van der Waals surface area contributed by atoms with E-state index in [-0.39, 0.29) is 36.9 Å². The summed E-state index contributed by atoms with van der Waals surface area (Å²) in [6.45, 7) is 2.35. The molecule has 24 heavy (non-hydrogen) atoms. The van der Waals surface area contributed by atoms with Crippen molar-refractivity contribution in [3.05, 3.63) is 29.8 Å². The molecule has 0 aliphatic carbocycles. The molecule has 1 spiro atoms. The quantitative estimate of drug-likeness (QED) is 0.767. The minimum absolute atomic E-state index is 0.216. The first-order valence-corrected chi connectivity index (χ1v) is 8.05. The summed E-state index contributed by atoms with van der Waals surface area (Å²) >= 11 is 0. The maximum absolute atomic E-state index is 13.0. The smallest absolute Gasteiger partial charge is 0.250 e. The molecule has 2 N–H and O–H groups in total. The number of anilines is 1. The summed E-state index contributed by atoms with van der Waals surface area (Å²) in [4.78, 5) is 39.8. The largest absolute Gasteiger partial charge is 0.383 e. The van der Waals surface area contributed by atoms with E-state index in [1.54, 1.807) is 0 Å². The zero-order valence-corrected chi connectivity index (χ0v) is 13.5. The van der Waals surface area contributed by atoms with Gasteiger partial charge in [-0.2, -0.15) is 0 Å². The van der Waals surface area contributed by atoms with Crippen LogP contribution < -0.4 is 10.6 Å². The zero-order chi connectivity index (χ0) is 17.1. The van der Waals surface area contributed by atoms with Crippen molar-refractivity contribution in [3.8, 4) is 0 Å². The number of nitrogens with one attached hydrogen (secondary N) is 2. The van der Waals surface area contributed by atoms with Crippen LogP contribution in [0.3, 0.4) is 0 Å². The van der Waals surface area contributed by atoms with E-state index in [0.29, 0.717) is 5.69 Å².